The zero-order valence-electron chi connectivity index (χ0n) is 10.8. The SMILES string of the molecule is [2H]C([2H])([2H])c1cccc(C([2H])([2H])[2H])c1N. The Morgan fingerprint density at radius 3 is 2.33 bits per heavy atom. The summed E-state index contributed by atoms with van der Waals surface area (Å²) in [5.41, 5.74) is 5.14. The molecule has 1 aromatic carbocycles. The van der Waals surface area contributed by atoms with E-state index in [1.54, 1.807) is 0 Å². The number of hydrogen-bond acceptors (Lipinski definition) is 1. The van der Waals surface area contributed by atoms with Gasteiger partial charge in [0.2, 0.25) is 0 Å². The Hall–Kier alpha value is -0.980. The molecule has 1 heteroatoms. The van der Waals surface area contributed by atoms with Crippen molar-refractivity contribution in [2.45, 2.75) is 13.7 Å². The van der Waals surface area contributed by atoms with E-state index in [1.807, 2.05) is 0 Å². The fraction of sp³-hybridized carbons (Fsp3) is 0.250. The number of anilines is 1. The zero-order chi connectivity index (χ0) is 11.9. The molecule has 1 rings (SSSR count). The summed E-state index contributed by atoms with van der Waals surface area (Å²) in [6, 6.07) is 4.02. The molecule has 0 aliphatic rings. The number of aryl methyl sites for hydroxylation is 2. The Bertz CT molecular complexity index is 332. The molecule has 0 aliphatic carbocycles. The fourth-order valence-corrected chi connectivity index (χ4v) is 0.565. The van der Waals surface area contributed by atoms with Crippen molar-refractivity contribution in [3.8, 4) is 0 Å². The van der Waals surface area contributed by atoms with Crippen LogP contribution in [0.5, 0.6) is 0 Å². The summed E-state index contributed by atoms with van der Waals surface area (Å²) >= 11 is 0. The quantitative estimate of drug-likeness (QED) is 0.529. The Kier molecular flexibility index (Phi) is 0.468. The molecule has 0 saturated carbocycles. The first-order chi connectivity index (χ1) is 6.64. The molecule has 0 amide bonds. The Morgan fingerprint density at radius 1 is 1.33 bits per heavy atom. The number of rotatable bonds is 0. The third-order valence-electron chi connectivity index (χ3n) is 1.11. The summed E-state index contributed by atoms with van der Waals surface area (Å²) in [6.45, 7) is -4.77. The highest BCUT2D eigenvalue weighted by molar-refractivity contribution is 5.52. The van der Waals surface area contributed by atoms with E-state index in [1.165, 1.54) is 18.2 Å². The number of nitrogen functional groups attached to an aromatic ring is 1. The van der Waals surface area contributed by atoms with Crippen molar-refractivity contribution in [3.05, 3.63) is 29.3 Å². The predicted molar refractivity (Wildman–Crippen MR) is 40.3 cm³/mol. The molecule has 0 radical (unpaired) electrons. The van der Waals surface area contributed by atoms with E-state index in [0.29, 0.717) is 0 Å². The van der Waals surface area contributed by atoms with Crippen molar-refractivity contribution in [3.63, 3.8) is 0 Å². The van der Waals surface area contributed by atoms with Gasteiger partial charge in [-0.25, -0.2) is 0 Å². The van der Waals surface area contributed by atoms with Crippen molar-refractivity contribution < 1.29 is 8.22 Å². The first kappa shape index (κ1) is 2.01. The molecular weight excluding hydrogens is 110 g/mol. The molecule has 0 fully saturated rings. The van der Waals surface area contributed by atoms with Gasteiger partial charge in [-0.1, -0.05) is 18.2 Å². The first-order valence-corrected chi connectivity index (χ1v) is 2.53. The van der Waals surface area contributed by atoms with Gasteiger partial charge in [-0.3, -0.25) is 0 Å². The predicted octanol–water partition coefficient (Wildman–Crippen LogP) is 1.89. The zero-order valence-corrected chi connectivity index (χ0v) is 4.81. The Morgan fingerprint density at radius 2 is 1.89 bits per heavy atom. The second-order valence-electron chi connectivity index (χ2n) is 1.77. The summed E-state index contributed by atoms with van der Waals surface area (Å²) in [5.74, 6) is 0. The average Bonchev–Trinajstić information content (AvgIpc) is 1.99. The minimum atomic E-state index is -2.38. The van der Waals surface area contributed by atoms with Crippen LogP contribution in [0.4, 0.5) is 5.69 Å². The molecule has 0 aliphatic heterocycles. The van der Waals surface area contributed by atoms with E-state index in [-0.39, 0.29) is 16.8 Å². The van der Waals surface area contributed by atoms with E-state index in [2.05, 4.69) is 0 Å². The third kappa shape index (κ3) is 1.04. The molecular formula is C8H11N. The van der Waals surface area contributed by atoms with E-state index in [0.717, 1.165) is 0 Å². The van der Waals surface area contributed by atoms with Crippen LogP contribution in [0.3, 0.4) is 0 Å². The Labute approximate surface area is 63.9 Å². The largest absolute Gasteiger partial charge is 0.398 e. The van der Waals surface area contributed by atoms with Gasteiger partial charge >= 0.3 is 0 Å². The van der Waals surface area contributed by atoms with Crippen LogP contribution in [0.25, 0.3) is 0 Å². The molecule has 0 aromatic heterocycles. The maximum atomic E-state index is 7.18. The summed E-state index contributed by atoms with van der Waals surface area (Å²) in [4.78, 5) is 0. The van der Waals surface area contributed by atoms with Crippen molar-refractivity contribution >= 4 is 5.69 Å². The monoisotopic (exact) mass is 127 g/mol. The van der Waals surface area contributed by atoms with E-state index in [4.69, 9.17) is 14.0 Å². The Balaban J connectivity index is 3.37. The lowest BCUT2D eigenvalue weighted by Gasteiger charge is -2.00. The van der Waals surface area contributed by atoms with Crippen molar-refractivity contribution in [2.24, 2.45) is 0 Å². The molecule has 1 aromatic rings. The maximum Gasteiger partial charge on any atom is 0.0373 e. The van der Waals surface area contributed by atoms with Gasteiger partial charge in [-0.05, 0) is 24.8 Å². The molecule has 0 unspecified atom stereocenters. The molecule has 9 heavy (non-hydrogen) atoms. The lowest BCUT2D eigenvalue weighted by atomic mass is 10.1. The maximum absolute atomic E-state index is 7.18. The smallest absolute Gasteiger partial charge is 0.0373 e. The standard InChI is InChI=1S/C8H11N/c1-6-4-3-5-7(2)8(6)9/h3-5H,9H2,1-2H3/i1D3,2D3. The van der Waals surface area contributed by atoms with Gasteiger partial charge in [0.25, 0.3) is 0 Å². The van der Waals surface area contributed by atoms with E-state index in [9.17, 15) is 0 Å². The van der Waals surface area contributed by atoms with Gasteiger partial charge in [-0.2, -0.15) is 0 Å². The summed E-state index contributed by atoms with van der Waals surface area (Å²) in [7, 11) is 0. The molecule has 0 atom stereocenters. The molecule has 0 spiro atoms. The van der Waals surface area contributed by atoms with E-state index >= 15 is 0 Å². The highest BCUT2D eigenvalue weighted by Crippen LogP contribution is 2.13. The van der Waals surface area contributed by atoms with Crippen LogP contribution in [-0.4, -0.2) is 0 Å². The minimum Gasteiger partial charge on any atom is -0.398 e. The van der Waals surface area contributed by atoms with Gasteiger partial charge in [0.05, 0.1) is 0 Å². The van der Waals surface area contributed by atoms with Crippen LogP contribution in [-0.2, 0) is 0 Å². The average molecular weight is 127 g/mol. The van der Waals surface area contributed by atoms with Gasteiger partial charge < -0.3 is 5.73 Å². The van der Waals surface area contributed by atoms with Crippen LogP contribution in [0.2, 0.25) is 0 Å². The minimum absolute atomic E-state index is 0.115. The summed E-state index contributed by atoms with van der Waals surface area (Å²) in [5, 5.41) is 0. The van der Waals surface area contributed by atoms with Crippen molar-refractivity contribution in [2.75, 3.05) is 5.73 Å². The first-order valence-electron chi connectivity index (χ1n) is 5.53. The number of benzene rings is 1. The normalized spacial score (nSPS) is 22.2. The molecule has 2 N–H and O–H groups in total. The summed E-state index contributed by atoms with van der Waals surface area (Å²) < 4.78 is 43.1. The second kappa shape index (κ2) is 2.09. The van der Waals surface area contributed by atoms with Gasteiger partial charge in [-0.15, -0.1) is 0 Å². The molecule has 1 nitrogen and oxygen atoms in total. The molecule has 0 heterocycles. The summed E-state index contributed by atoms with van der Waals surface area (Å²) in [6.07, 6.45) is 0. The number of hydrogen-bond donors (Lipinski definition) is 1. The van der Waals surface area contributed by atoms with Crippen molar-refractivity contribution in [1.29, 1.82) is 0 Å². The number of para-hydroxylation sites is 1. The fourth-order valence-electron chi connectivity index (χ4n) is 0.565. The van der Waals surface area contributed by atoms with E-state index < -0.39 is 13.7 Å². The molecule has 0 bridgehead atoms. The highest BCUT2D eigenvalue weighted by Gasteiger charge is 1.92. The molecule has 0 saturated heterocycles. The highest BCUT2D eigenvalue weighted by atomic mass is 14.6. The van der Waals surface area contributed by atoms with Gasteiger partial charge in [0.1, 0.15) is 0 Å². The van der Waals surface area contributed by atoms with Crippen LogP contribution in [0.15, 0.2) is 18.2 Å². The topological polar surface area (TPSA) is 26.0 Å². The van der Waals surface area contributed by atoms with Gasteiger partial charge in [0, 0.05) is 13.9 Å². The van der Waals surface area contributed by atoms with Crippen LogP contribution in [0, 0.1) is 13.7 Å². The van der Waals surface area contributed by atoms with Crippen LogP contribution in [0.1, 0.15) is 19.4 Å². The van der Waals surface area contributed by atoms with Crippen LogP contribution < -0.4 is 5.73 Å². The van der Waals surface area contributed by atoms with Crippen molar-refractivity contribution in [1.82, 2.24) is 0 Å². The third-order valence-corrected chi connectivity index (χ3v) is 1.11. The lowest BCUT2D eigenvalue weighted by molar-refractivity contribution is 1.39. The van der Waals surface area contributed by atoms with Crippen LogP contribution >= 0.6 is 0 Å². The number of nitrogens with two attached hydrogens (primary N) is 1. The lowest BCUT2D eigenvalue weighted by Crippen LogP contribution is -1.91. The van der Waals surface area contributed by atoms with Gasteiger partial charge in [0.15, 0.2) is 0 Å². The molecule has 48 valence electrons. The second-order valence-corrected chi connectivity index (χ2v) is 1.77.